The fourth-order valence-electron chi connectivity index (χ4n) is 3.61. The third-order valence-electron chi connectivity index (χ3n) is 5.72. The Kier molecular flexibility index (Phi) is 6.32. The van der Waals surface area contributed by atoms with Crippen molar-refractivity contribution in [2.24, 2.45) is 5.92 Å². The number of carbonyl (C=O) groups excluding carboxylic acids is 1. The maximum Gasteiger partial charge on any atom is 0.264 e. The highest BCUT2D eigenvalue weighted by Crippen LogP contribution is 2.25. The van der Waals surface area contributed by atoms with Gasteiger partial charge in [-0.1, -0.05) is 5.16 Å². The Bertz CT molecular complexity index is 1240. The Morgan fingerprint density at radius 1 is 1.09 bits per heavy atom. The van der Waals surface area contributed by atoms with Crippen LogP contribution in [0.15, 0.2) is 45.8 Å². The molecule has 0 saturated carbocycles. The van der Waals surface area contributed by atoms with Crippen molar-refractivity contribution in [2.75, 3.05) is 28.0 Å². The number of hydrogen-bond acceptors (Lipinski definition) is 8. The minimum Gasteiger partial charge on any atom is -0.354 e. The maximum atomic E-state index is 12.8. The van der Waals surface area contributed by atoms with Gasteiger partial charge in [0.25, 0.3) is 10.0 Å². The smallest absolute Gasteiger partial charge is 0.264 e. The molecule has 11 heteroatoms. The minimum absolute atomic E-state index is 0.0516. The van der Waals surface area contributed by atoms with Crippen LogP contribution in [0.25, 0.3) is 0 Å². The van der Waals surface area contributed by atoms with Crippen molar-refractivity contribution in [3.63, 3.8) is 0 Å². The first-order valence-corrected chi connectivity index (χ1v) is 12.1. The summed E-state index contributed by atoms with van der Waals surface area (Å²) in [5.74, 6) is 0.535. The quantitative estimate of drug-likeness (QED) is 0.562. The first-order chi connectivity index (χ1) is 15.7. The molecule has 0 bridgehead atoms. The molecule has 10 nitrogen and oxygen atoms in total. The number of hydrogen-bond donors (Lipinski definition) is 2. The molecule has 1 aliphatic rings. The predicted octanol–water partition coefficient (Wildman–Crippen LogP) is 3.05. The topological polar surface area (TPSA) is 130 Å². The molecule has 0 spiro atoms. The summed E-state index contributed by atoms with van der Waals surface area (Å²) in [7, 11) is -3.85. The fourth-order valence-corrected chi connectivity index (χ4v) is 4.66. The van der Waals surface area contributed by atoms with Crippen LogP contribution >= 0.6 is 0 Å². The molecule has 3 heterocycles. The van der Waals surface area contributed by atoms with Crippen molar-refractivity contribution in [1.82, 2.24) is 15.4 Å². The van der Waals surface area contributed by atoms with Gasteiger partial charge in [0.1, 0.15) is 0 Å². The Morgan fingerprint density at radius 2 is 1.85 bits per heavy atom. The predicted molar refractivity (Wildman–Crippen MR) is 124 cm³/mol. The van der Waals surface area contributed by atoms with Gasteiger partial charge in [0.2, 0.25) is 11.8 Å². The van der Waals surface area contributed by atoms with E-state index >= 15 is 0 Å². The summed E-state index contributed by atoms with van der Waals surface area (Å²) < 4.78 is 32.7. The van der Waals surface area contributed by atoms with E-state index in [9.17, 15) is 13.2 Å². The van der Waals surface area contributed by atoms with Gasteiger partial charge in [0.15, 0.2) is 5.82 Å². The second-order valence-corrected chi connectivity index (χ2v) is 9.84. The second kappa shape index (κ2) is 9.18. The van der Waals surface area contributed by atoms with Gasteiger partial charge in [-0.2, -0.15) is 5.10 Å². The molecule has 33 heavy (non-hydrogen) atoms. The molecule has 0 radical (unpaired) electrons. The highest BCUT2D eigenvalue weighted by Gasteiger charge is 2.27. The Labute approximate surface area is 192 Å². The van der Waals surface area contributed by atoms with Crippen LogP contribution in [0, 0.1) is 26.7 Å². The molecule has 2 N–H and O–H groups in total. The van der Waals surface area contributed by atoms with Crippen LogP contribution in [0.1, 0.15) is 29.8 Å². The third-order valence-corrected chi connectivity index (χ3v) is 7.06. The number of aryl methyl sites for hydroxylation is 2. The van der Waals surface area contributed by atoms with E-state index in [0.717, 1.165) is 30.9 Å². The zero-order chi connectivity index (χ0) is 23.6. The lowest BCUT2D eigenvalue weighted by Crippen LogP contribution is -2.41. The number of nitrogens with zero attached hydrogens (tertiary/aromatic N) is 4. The Morgan fingerprint density at radius 3 is 2.48 bits per heavy atom. The first kappa shape index (κ1) is 22.7. The molecule has 1 unspecified atom stereocenters. The van der Waals surface area contributed by atoms with Gasteiger partial charge in [-0.05, 0) is 70.0 Å². The summed E-state index contributed by atoms with van der Waals surface area (Å²) >= 11 is 0. The number of piperidine rings is 1. The number of sulfonamides is 1. The molecular weight excluding hydrogens is 444 g/mol. The van der Waals surface area contributed by atoms with E-state index in [2.05, 4.69) is 30.3 Å². The summed E-state index contributed by atoms with van der Waals surface area (Å²) in [5.41, 5.74) is 2.61. The van der Waals surface area contributed by atoms with Crippen LogP contribution in [0.2, 0.25) is 0 Å². The lowest BCUT2D eigenvalue weighted by Gasteiger charge is -2.32. The lowest BCUT2D eigenvalue weighted by atomic mass is 9.97. The van der Waals surface area contributed by atoms with Gasteiger partial charge in [-0.15, -0.1) is 5.10 Å². The van der Waals surface area contributed by atoms with Crippen LogP contribution in [-0.2, 0) is 14.8 Å². The van der Waals surface area contributed by atoms with Crippen molar-refractivity contribution in [2.45, 2.75) is 38.5 Å². The Hall–Kier alpha value is -3.47. The number of carbonyl (C=O) groups is 1. The average molecular weight is 471 g/mol. The van der Waals surface area contributed by atoms with Crippen LogP contribution in [0.3, 0.4) is 0 Å². The van der Waals surface area contributed by atoms with Gasteiger partial charge in [-0.3, -0.25) is 4.79 Å². The average Bonchev–Trinajstić information content (AvgIpc) is 3.11. The van der Waals surface area contributed by atoms with Crippen LogP contribution in [0.5, 0.6) is 0 Å². The van der Waals surface area contributed by atoms with Crippen molar-refractivity contribution < 1.29 is 17.7 Å². The number of nitrogens with one attached hydrogen (secondary N) is 2. The van der Waals surface area contributed by atoms with Gasteiger partial charge in [-0.25, -0.2) is 13.1 Å². The summed E-state index contributed by atoms with van der Waals surface area (Å²) in [6, 6.07) is 9.82. The summed E-state index contributed by atoms with van der Waals surface area (Å²) in [4.78, 5) is 15.0. The molecular formula is C22H26N6O4S. The van der Waals surface area contributed by atoms with E-state index in [1.54, 1.807) is 26.0 Å². The summed E-state index contributed by atoms with van der Waals surface area (Å²) in [6.07, 6.45) is 1.64. The molecule has 1 saturated heterocycles. The van der Waals surface area contributed by atoms with Gasteiger partial charge in [0.05, 0.1) is 22.2 Å². The zero-order valence-electron chi connectivity index (χ0n) is 18.7. The largest absolute Gasteiger partial charge is 0.354 e. The SMILES string of the molecule is Cc1ccc(N2CCCC(C(=O)Nc3ccc(S(=O)(=O)Nc4onc(C)c4C)cc3)C2)nn1. The van der Waals surface area contributed by atoms with E-state index in [4.69, 9.17) is 4.52 Å². The molecule has 1 amide bonds. The molecule has 0 aliphatic carbocycles. The summed E-state index contributed by atoms with van der Waals surface area (Å²) in [6.45, 7) is 6.71. The fraction of sp³-hybridized carbons (Fsp3) is 0.364. The van der Waals surface area contributed by atoms with E-state index in [1.165, 1.54) is 12.1 Å². The number of amides is 1. The molecule has 1 atom stereocenters. The van der Waals surface area contributed by atoms with Crippen molar-refractivity contribution in [3.8, 4) is 0 Å². The van der Waals surface area contributed by atoms with Crippen molar-refractivity contribution in [3.05, 3.63) is 53.3 Å². The minimum atomic E-state index is -3.85. The van der Waals surface area contributed by atoms with E-state index in [0.29, 0.717) is 23.5 Å². The van der Waals surface area contributed by atoms with Crippen LogP contribution < -0.4 is 14.9 Å². The monoisotopic (exact) mass is 470 g/mol. The van der Waals surface area contributed by atoms with Gasteiger partial charge < -0.3 is 14.7 Å². The standard InChI is InChI=1S/C22H26N6O4S/c1-14-6-11-20(25-24-14)28-12-4-5-17(13-28)21(29)23-18-7-9-19(10-8-18)33(30,31)27-22-15(2)16(3)26-32-22/h6-11,17,27H,4-5,12-13H2,1-3H3,(H,23,29). The number of anilines is 3. The van der Waals surface area contributed by atoms with Gasteiger partial charge in [0, 0.05) is 24.3 Å². The normalized spacial score (nSPS) is 16.5. The lowest BCUT2D eigenvalue weighted by molar-refractivity contribution is -0.120. The molecule has 3 aromatic rings. The molecule has 2 aromatic heterocycles. The number of benzene rings is 1. The molecule has 4 rings (SSSR count). The van der Waals surface area contributed by atoms with E-state index in [1.807, 2.05) is 19.1 Å². The van der Waals surface area contributed by atoms with E-state index < -0.39 is 10.0 Å². The summed E-state index contributed by atoms with van der Waals surface area (Å²) in [5, 5.41) is 15.0. The van der Waals surface area contributed by atoms with Crippen molar-refractivity contribution in [1.29, 1.82) is 0 Å². The van der Waals surface area contributed by atoms with Gasteiger partial charge >= 0.3 is 0 Å². The Balaban J connectivity index is 1.39. The van der Waals surface area contributed by atoms with Crippen LogP contribution in [-0.4, -0.2) is 42.8 Å². The molecule has 174 valence electrons. The highest BCUT2D eigenvalue weighted by atomic mass is 32.2. The number of rotatable bonds is 6. The highest BCUT2D eigenvalue weighted by molar-refractivity contribution is 7.92. The third kappa shape index (κ3) is 5.14. The molecule has 1 fully saturated rings. The van der Waals surface area contributed by atoms with Crippen molar-refractivity contribution >= 4 is 33.3 Å². The van der Waals surface area contributed by atoms with E-state index in [-0.39, 0.29) is 22.6 Å². The zero-order valence-corrected chi connectivity index (χ0v) is 19.5. The number of aromatic nitrogens is 3. The molecule has 1 aliphatic heterocycles. The maximum absolute atomic E-state index is 12.8. The van der Waals surface area contributed by atoms with Crippen LogP contribution in [0.4, 0.5) is 17.4 Å². The molecule has 1 aromatic carbocycles. The second-order valence-electron chi connectivity index (χ2n) is 8.16. The first-order valence-electron chi connectivity index (χ1n) is 10.6.